The van der Waals surface area contributed by atoms with Crippen molar-refractivity contribution in [3.05, 3.63) is 74.3 Å². The fourth-order valence-corrected chi connectivity index (χ4v) is 4.36. The number of nitro groups is 1. The molecular formula is C22H21ClN2O6. The molecule has 8 nitrogen and oxygen atoms in total. The number of methoxy groups -OCH3 is 1. The maximum Gasteiger partial charge on any atom is 0.338 e. The van der Waals surface area contributed by atoms with Gasteiger partial charge in [-0.15, -0.1) is 0 Å². The van der Waals surface area contributed by atoms with E-state index in [0.29, 0.717) is 29.8 Å². The highest BCUT2D eigenvalue weighted by molar-refractivity contribution is 6.31. The summed E-state index contributed by atoms with van der Waals surface area (Å²) < 4.78 is 4.65. The van der Waals surface area contributed by atoms with Gasteiger partial charge in [0.15, 0.2) is 5.78 Å². The van der Waals surface area contributed by atoms with Gasteiger partial charge in [-0.2, -0.15) is 0 Å². The molecule has 1 aliphatic rings. The SMILES string of the molecule is COC(=O)c1cc(C(=O)N(C)C2(c3ccccc3Cl)CCCCC2=O)cc([N+](=O)[O-])c1. The minimum absolute atomic E-state index is 0.0955. The number of amides is 1. The minimum Gasteiger partial charge on any atom is -0.465 e. The molecule has 0 heterocycles. The van der Waals surface area contributed by atoms with Gasteiger partial charge >= 0.3 is 5.97 Å². The number of carbonyl (C=O) groups excluding carboxylic acids is 3. The van der Waals surface area contributed by atoms with E-state index in [1.54, 1.807) is 24.3 Å². The molecule has 0 radical (unpaired) electrons. The van der Waals surface area contributed by atoms with E-state index in [1.165, 1.54) is 18.0 Å². The molecule has 1 atom stereocenters. The van der Waals surface area contributed by atoms with Crippen molar-refractivity contribution in [2.24, 2.45) is 0 Å². The van der Waals surface area contributed by atoms with Crippen LogP contribution in [0, 0.1) is 10.1 Å². The number of hydrogen-bond donors (Lipinski definition) is 0. The van der Waals surface area contributed by atoms with E-state index in [4.69, 9.17) is 11.6 Å². The number of nitro benzene ring substituents is 1. The zero-order valence-electron chi connectivity index (χ0n) is 17.1. The number of hydrogen-bond acceptors (Lipinski definition) is 6. The van der Waals surface area contributed by atoms with Gasteiger partial charge < -0.3 is 9.64 Å². The van der Waals surface area contributed by atoms with Crippen LogP contribution in [0.2, 0.25) is 5.02 Å². The lowest BCUT2D eigenvalue weighted by molar-refractivity contribution is -0.384. The number of nitrogens with zero attached hydrogens (tertiary/aromatic N) is 2. The van der Waals surface area contributed by atoms with Crippen molar-refractivity contribution in [1.82, 2.24) is 4.90 Å². The quantitative estimate of drug-likeness (QED) is 0.389. The summed E-state index contributed by atoms with van der Waals surface area (Å²) in [5, 5.41) is 11.7. The number of non-ortho nitro benzene ring substituents is 1. The van der Waals surface area contributed by atoms with E-state index >= 15 is 0 Å². The van der Waals surface area contributed by atoms with Crippen molar-refractivity contribution in [3.63, 3.8) is 0 Å². The average molecular weight is 445 g/mol. The van der Waals surface area contributed by atoms with Gasteiger partial charge in [-0.3, -0.25) is 19.7 Å². The smallest absolute Gasteiger partial charge is 0.338 e. The third-order valence-corrected chi connectivity index (χ3v) is 5.98. The number of ether oxygens (including phenoxy) is 1. The molecule has 0 aromatic heterocycles. The Kier molecular flexibility index (Phi) is 6.40. The molecule has 1 unspecified atom stereocenters. The standard InChI is InChI=1S/C22H21ClN2O6/c1-24(20(27)14-11-15(21(28)31-2)13-16(12-14)25(29)30)22(10-6-5-9-19(22)26)17-7-3-4-8-18(17)23/h3-4,7-8,11-13H,5-6,9-10H2,1-2H3. The summed E-state index contributed by atoms with van der Waals surface area (Å²) in [4.78, 5) is 50.6. The van der Waals surface area contributed by atoms with Crippen LogP contribution >= 0.6 is 11.6 Å². The number of carbonyl (C=O) groups is 3. The summed E-state index contributed by atoms with van der Waals surface area (Å²) >= 11 is 6.42. The molecule has 0 spiro atoms. The van der Waals surface area contributed by atoms with Crippen LogP contribution in [0.4, 0.5) is 5.69 Å². The van der Waals surface area contributed by atoms with Crippen molar-refractivity contribution in [1.29, 1.82) is 0 Å². The average Bonchev–Trinajstić information content (AvgIpc) is 2.78. The summed E-state index contributed by atoms with van der Waals surface area (Å²) in [5.74, 6) is -1.60. The highest BCUT2D eigenvalue weighted by Gasteiger charge is 2.48. The van der Waals surface area contributed by atoms with E-state index in [1.807, 2.05) is 0 Å². The molecule has 3 rings (SSSR count). The minimum atomic E-state index is -1.30. The first-order chi connectivity index (χ1) is 14.7. The maximum atomic E-state index is 13.5. The van der Waals surface area contributed by atoms with Crippen LogP contribution in [-0.4, -0.2) is 41.6 Å². The van der Waals surface area contributed by atoms with Gasteiger partial charge in [-0.05, 0) is 31.4 Å². The summed E-state index contributed by atoms with van der Waals surface area (Å²) in [7, 11) is 2.62. The van der Waals surface area contributed by atoms with Crippen LogP contribution in [0.1, 0.15) is 52.0 Å². The maximum absolute atomic E-state index is 13.5. The summed E-state index contributed by atoms with van der Waals surface area (Å²) in [6.45, 7) is 0. The molecule has 1 saturated carbocycles. The van der Waals surface area contributed by atoms with Crippen molar-refractivity contribution in [2.45, 2.75) is 31.2 Å². The van der Waals surface area contributed by atoms with Gasteiger partial charge in [0.1, 0.15) is 5.54 Å². The largest absolute Gasteiger partial charge is 0.465 e. The van der Waals surface area contributed by atoms with E-state index in [2.05, 4.69) is 4.74 Å². The second-order valence-electron chi connectivity index (χ2n) is 7.35. The molecule has 0 bridgehead atoms. The Hall–Kier alpha value is -3.26. The van der Waals surface area contributed by atoms with Gasteiger partial charge in [-0.25, -0.2) is 4.79 Å². The Morgan fingerprint density at radius 2 is 1.84 bits per heavy atom. The lowest BCUT2D eigenvalue weighted by Gasteiger charge is -2.44. The number of ketones is 1. The Bertz CT molecular complexity index is 1070. The molecule has 1 amide bonds. The predicted molar refractivity (Wildman–Crippen MR) is 113 cm³/mol. The first kappa shape index (κ1) is 22.4. The number of likely N-dealkylation sites (N-methyl/N-ethyl adjacent to an activating group) is 1. The zero-order chi connectivity index (χ0) is 22.8. The molecule has 1 fully saturated rings. The number of Topliss-reactive ketones (excluding diaryl/α,β-unsaturated/α-hetero) is 1. The van der Waals surface area contributed by atoms with Crippen LogP contribution in [0.25, 0.3) is 0 Å². The fraction of sp³-hybridized carbons (Fsp3) is 0.318. The summed E-state index contributed by atoms with van der Waals surface area (Å²) in [6.07, 6.45) is 2.06. The normalized spacial score (nSPS) is 18.4. The Labute approximate surface area is 183 Å². The number of halogens is 1. The molecule has 162 valence electrons. The molecule has 2 aromatic carbocycles. The monoisotopic (exact) mass is 444 g/mol. The topological polar surface area (TPSA) is 107 Å². The number of benzene rings is 2. The molecule has 9 heteroatoms. The fourth-order valence-electron chi connectivity index (χ4n) is 4.07. The van der Waals surface area contributed by atoms with Crippen molar-refractivity contribution in [2.75, 3.05) is 14.2 Å². The summed E-state index contributed by atoms with van der Waals surface area (Å²) in [5.41, 5.74) is -1.45. The second kappa shape index (κ2) is 8.85. The van der Waals surface area contributed by atoms with Gasteiger partial charge in [0, 0.05) is 41.8 Å². The van der Waals surface area contributed by atoms with Crippen LogP contribution in [0.5, 0.6) is 0 Å². The molecule has 31 heavy (non-hydrogen) atoms. The van der Waals surface area contributed by atoms with Crippen molar-refractivity contribution >= 4 is 34.9 Å². The van der Waals surface area contributed by atoms with E-state index in [0.717, 1.165) is 19.2 Å². The zero-order valence-corrected chi connectivity index (χ0v) is 17.8. The highest BCUT2D eigenvalue weighted by atomic mass is 35.5. The Balaban J connectivity index is 2.14. The van der Waals surface area contributed by atoms with Crippen LogP contribution in [-0.2, 0) is 15.1 Å². The molecule has 0 aliphatic heterocycles. The Morgan fingerprint density at radius 3 is 2.45 bits per heavy atom. The Morgan fingerprint density at radius 1 is 1.16 bits per heavy atom. The lowest BCUT2D eigenvalue weighted by atomic mass is 9.74. The highest BCUT2D eigenvalue weighted by Crippen LogP contribution is 2.42. The van der Waals surface area contributed by atoms with Crippen LogP contribution in [0.15, 0.2) is 42.5 Å². The first-order valence-corrected chi connectivity index (χ1v) is 10.0. The predicted octanol–water partition coefficient (Wildman–Crippen LogP) is 4.15. The van der Waals surface area contributed by atoms with E-state index < -0.39 is 28.0 Å². The van der Waals surface area contributed by atoms with Crippen molar-refractivity contribution in [3.8, 4) is 0 Å². The van der Waals surface area contributed by atoms with Gasteiger partial charge in [0.05, 0.1) is 17.6 Å². The van der Waals surface area contributed by atoms with E-state index in [-0.39, 0.29) is 23.3 Å². The molecular weight excluding hydrogens is 424 g/mol. The molecule has 1 aliphatic carbocycles. The number of esters is 1. The first-order valence-electron chi connectivity index (χ1n) is 9.66. The summed E-state index contributed by atoms with van der Waals surface area (Å²) in [6, 6.07) is 10.2. The van der Waals surface area contributed by atoms with Gasteiger partial charge in [-0.1, -0.05) is 29.8 Å². The molecule has 2 aromatic rings. The van der Waals surface area contributed by atoms with Gasteiger partial charge in [0.25, 0.3) is 11.6 Å². The number of rotatable bonds is 5. The third-order valence-electron chi connectivity index (χ3n) is 5.65. The second-order valence-corrected chi connectivity index (χ2v) is 7.76. The van der Waals surface area contributed by atoms with Crippen LogP contribution < -0.4 is 0 Å². The third kappa shape index (κ3) is 4.03. The molecule has 0 N–H and O–H groups in total. The van der Waals surface area contributed by atoms with Crippen LogP contribution in [0.3, 0.4) is 0 Å². The molecule has 0 saturated heterocycles. The lowest BCUT2D eigenvalue weighted by Crippen LogP contribution is -2.54. The van der Waals surface area contributed by atoms with Gasteiger partial charge in [0.2, 0.25) is 0 Å². The van der Waals surface area contributed by atoms with E-state index in [9.17, 15) is 24.5 Å². The van der Waals surface area contributed by atoms with Crippen molar-refractivity contribution < 1.29 is 24.0 Å².